The van der Waals surface area contributed by atoms with E-state index in [1.807, 2.05) is 116 Å². The van der Waals surface area contributed by atoms with E-state index in [1.54, 1.807) is 32.4 Å². The highest BCUT2D eigenvalue weighted by atomic mass is 16.5. The van der Waals surface area contributed by atoms with Gasteiger partial charge in [-0.1, -0.05) is 84.9 Å². The number of hydrogen-bond acceptors (Lipinski definition) is 7. The first kappa shape index (κ1) is 33.8. The van der Waals surface area contributed by atoms with E-state index in [9.17, 15) is 4.79 Å². The van der Waals surface area contributed by atoms with Gasteiger partial charge < -0.3 is 14.2 Å². The van der Waals surface area contributed by atoms with Crippen molar-refractivity contribution in [1.29, 1.82) is 0 Å². The standard InChI is InChI=1S/C45H37NO7/c1-5-53-36-25-20-30(27(2)47)26-35(36)46-41(48)39-40(42(46)49)45(32-14-10-7-11-15-32)38(29-18-23-34(52-4)24-19-29)37(28-16-21-33(51-3)22-17-28)44(39,43(45)50)31-12-8-6-9-13-31/h6-26,39-40H,5H2,1-4H3/t39-,40-,44+,45+/m1/s1. The molecule has 0 unspecified atom stereocenters. The Labute approximate surface area is 307 Å². The molecule has 2 bridgehead atoms. The molecule has 1 saturated carbocycles. The summed E-state index contributed by atoms with van der Waals surface area (Å²) in [6, 6.07) is 38.4. The fourth-order valence-electron chi connectivity index (χ4n) is 9.07. The number of fused-ring (bicyclic) bond motifs is 5. The van der Waals surface area contributed by atoms with E-state index in [1.165, 1.54) is 6.92 Å². The van der Waals surface area contributed by atoms with Gasteiger partial charge in [0.25, 0.3) is 0 Å². The van der Waals surface area contributed by atoms with Crippen LogP contribution in [0.25, 0.3) is 11.1 Å². The summed E-state index contributed by atoms with van der Waals surface area (Å²) < 4.78 is 17.0. The van der Waals surface area contributed by atoms with Gasteiger partial charge in [-0.25, -0.2) is 4.90 Å². The van der Waals surface area contributed by atoms with Crippen LogP contribution in [0.5, 0.6) is 17.2 Å². The number of allylic oxidation sites excluding steroid dienone is 2. The van der Waals surface area contributed by atoms with Crippen molar-refractivity contribution in [2.24, 2.45) is 11.8 Å². The highest BCUT2D eigenvalue weighted by Crippen LogP contribution is 2.74. The molecule has 53 heavy (non-hydrogen) atoms. The first-order valence-corrected chi connectivity index (χ1v) is 17.6. The van der Waals surface area contributed by atoms with E-state index >= 15 is 14.4 Å². The zero-order valence-electron chi connectivity index (χ0n) is 29.8. The lowest BCUT2D eigenvalue weighted by Gasteiger charge is -2.39. The Hall–Kier alpha value is -6.28. The minimum absolute atomic E-state index is 0.180. The molecule has 264 valence electrons. The van der Waals surface area contributed by atoms with Gasteiger partial charge in [0.1, 0.15) is 17.2 Å². The monoisotopic (exact) mass is 703 g/mol. The van der Waals surface area contributed by atoms with Crippen molar-refractivity contribution in [2.75, 3.05) is 25.7 Å². The quantitative estimate of drug-likeness (QED) is 0.110. The van der Waals surface area contributed by atoms with Gasteiger partial charge >= 0.3 is 0 Å². The summed E-state index contributed by atoms with van der Waals surface area (Å²) in [5.74, 6) is -2.25. The number of benzene rings is 5. The molecule has 8 nitrogen and oxygen atoms in total. The van der Waals surface area contributed by atoms with Gasteiger partial charge in [-0.2, -0.15) is 0 Å². The molecule has 5 aromatic rings. The number of anilines is 1. The summed E-state index contributed by atoms with van der Waals surface area (Å²) in [7, 11) is 3.18. The molecular formula is C45H37NO7. The highest BCUT2D eigenvalue weighted by molar-refractivity contribution is 6.39. The molecule has 0 aromatic heterocycles. The van der Waals surface area contributed by atoms with Crippen molar-refractivity contribution in [3.05, 3.63) is 155 Å². The van der Waals surface area contributed by atoms with Gasteiger partial charge in [0.15, 0.2) is 11.6 Å². The van der Waals surface area contributed by atoms with Gasteiger partial charge in [-0.3, -0.25) is 19.2 Å². The minimum Gasteiger partial charge on any atom is -0.497 e. The summed E-state index contributed by atoms with van der Waals surface area (Å²) in [6.45, 7) is 3.51. The normalized spacial score (nSPS) is 23.0. The predicted molar refractivity (Wildman–Crippen MR) is 201 cm³/mol. The molecule has 3 aliphatic rings. The smallest absolute Gasteiger partial charge is 0.239 e. The van der Waals surface area contributed by atoms with E-state index in [0.29, 0.717) is 45.1 Å². The van der Waals surface area contributed by atoms with Gasteiger partial charge in [0.2, 0.25) is 11.8 Å². The lowest BCUT2D eigenvalue weighted by atomic mass is 9.59. The van der Waals surface area contributed by atoms with E-state index in [-0.39, 0.29) is 23.9 Å². The van der Waals surface area contributed by atoms with E-state index in [2.05, 4.69) is 0 Å². The number of hydrogen-bond donors (Lipinski definition) is 0. The Morgan fingerprint density at radius 1 is 0.642 bits per heavy atom. The van der Waals surface area contributed by atoms with E-state index in [4.69, 9.17) is 14.2 Å². The number of imide groups is 1. The van der Waals surface area contributed by atoms with Crippen molar-refractivity contribution >= 4 is 40.2 Å². The molecule has 8 heteroatoms. The lowest BCUT2D eigenvalue weighted by molar-refractivity contribution is -0.130. The zero-order chi connectivity index (χ0) is 37.1. The number of Topliss-reactive ketones (excluding diaryl/α,β-unsaturated/α-hetero) is 2. The van der Waals surface area contributed by atoms with Crippen LogP contribution < -0.4 is 19.1 Å². The second kappa shape index (κ2) is 12.7. The molecule has 4 atom stereocenters. The summed E-state index contributed by atoms with van der Waals surface area (Å²) in [5.41, 5.74) is 1.26. The summed E-state index contributed by atoms with van der Waals surface area (Å²) >= 11 is 0. The third-order valence-electron chi connectivity index (χ3n) is 11.1. The Kier molecular flexibility index (Phi) is 8.13. The van der Waals surface area contributed by atoms with Gasteiger partial charge in [-0.05, 0) is 89.7 Å². The highest BCUT2D eigenvalue weighted by Gasteiger charge is 2.83. The third-order valence-corrected chi connectivity index (χ3v) is 11.1. The number of rotatable bonds is 10. The number of nitrogens with zero attached hydrogens (tertiary/aromatic N) is 1. The van der Waals surface area contributed by atoms with Crippen LogP contribution >= 0.6 is 0 Å². The van der Waals surface area contributed by atoms with Crippen LogP contribution in [0.4, 0.5) is 5.69 Å². The molecule has 0 N–H and O–H groups in total. The van der Waals surface area contributed by atoms with Crippen molar-refractivity contribution in [3.8, 4) is 17.2 Å². The van der Waals surface area contributed by atoms with Crippen LogP contribution in [0.15, 0.2) is 127 Å². The van der Waals surface area contributed by atoms with Crippen molar-refractivity contribution in [2.45, 2.75) is 24.7 Å². The molecule has 2 fully saturated rings. The lowest BCUT2D eigenvalue weighted by Crippen LogP contribution is -2.45. The Morgan fingerprint density at radius 2 is 1.09 bits per heavy atom. The molecule has 1 saturated heterocycles. The van der Waals surface area contributed by atoms with Crippen LogP contribution in [-0.2, 0) is 25.2 Å². The second-order valence-corrected chi connectivity index (χ2v) is 13.5. The van der Waals surface area contributed by atoms with Crippen LogP contribution in [0, 0.1) is 11.8 Å². The zero-order valence-corrected chi connectivity index (χ0v) is 29.8. The fraction of sp³-hybridized carbons (Fsp3) is 0.200. The number of methoxy groups -OCH3 is 2. The van der Waals surface area contributed by atoms with E-state index in [0.717, 1.165) is 16.0 Å². The second-order valence-electron chi connectivity index (χ2n) is 13.5. The predicted octanol–water partition coefficient (Wildman–Crippen LogP) is 7.49. The Morgan fingerprint density at radius 3 is 1.49 bits per heavy atom. The average Bonchev–Trinajstić information content (AvgIpc) is 3.71. The molecule has 8 rings (SSSR count). The largest absolute Gasteiger partial charge is 0.497 e. The first-order chi connectivity index (χ1) is 25.7. The number of ketones is 2. The number of amides is 2. The maximum atomic E-state index is 16.2. The molecule has 1 heterocycles. The third kappa shape index (κ3) is 4.61. The van der Waals surface area contributed by atoms with Crippen LogP contribution in [0.3, 0.4) is 0 Å². The summed E-state index contributed by atoms with van der Waals surface area (Å²) in [6.07, 6.45) is 0. The molecule has 2 aliphatic carbocycles. The molecule has 0 radical (unpaired) electrons. The minimum atomic E-state index is -1.60. The van der Waals surface area contributed by atoms with Crippen molar-refractivity contribution in [3.63, 3.8) is 0 Å². The number of carbonyl (C=O) groups excluding carboxylic acids is 4. The Bertz CT molecular complexity index is 2190. The molecular weight excluding hydrogens is 666 g/mol. The maximum Gasteiger partial charge on any atom is 0.239 e. The molecule has 2 amide bonds. The number of ether oxygens (including phenoxy) is 3. The first-order valence-electron chi connectivity index (χ1n) is 17.6. The van der Waals surface area contributed by atoms with E-state index < -0.39 is 34.5 Å². The summed E-state index contributed by atoms with van der Waals surface area (Å²) in [5, 5.41) is 0. The van der Waals surface area contributed by atoms with Crippen molar-refractivity contribution < 1.29 is 33.4 Å². The SMILES string of the molecule is CCOc1ccc(C(C)=O)cc1N1C(=O)[C@H]2[C@H](C1=O)[C@@]1(c3ccccc3)C(=O)[C@@]2(c2ccccc2)C(c2ccc(OC)cc2)=C1c1ccc(OC)cc1. The summed E-state index contributed by atoms with van der Waals surface area (Å²) in [4.78, 5) is 61.0. The maximum absolute atomic E-state index is 16.2. The molecule has 0 spiro atoms. The van der Waals surface area contributed by atoms with Gasteiger partial charge in [0, 0.05) is 5.56 Å². The average molecular weight is 704 g/mol. The fourth-order valence-corrected chi connectivity index (χ4v) is 9.07. The van der Waals surface area contributed by atoms with Crippen LogP contribution in [0.2, 0.25) is 0 Å². The van der Waals surface area contributed by atoms with Crippen molar-refractivity contribution in [1.82, 2.24) is 0 Å². The Balaban J connectivity index is 1.52. The molecule has 5 aromatic carbocycles. The van der Waals surface area contributed by atoms with Crippen LogP contribution in [-0.4, -0.2) is 44.2 Å². The van der Waals surface area contributed by atoms with Crippen LogP contribution in [0.1, 0.15) is 46.5 Å². The van der Waals surface area contributed by atoms with Gasteiger partial charge in [0.05, 0.1) is 49.2 Å². The topological polar surface area (TPSA) is 99.2 Å². The number of carbonyl (C=O) groups is 4. The molecule has 1 aliphatic heterocycles. The van der Waals surface area contributed by atoms with Gasteiger partial charge in [-0.15, -0.1) is 0 Å².